The van der Waals surface area contributed by atoms with Crippen molar-refractivity contribution in [1.29, 1.82) is 0 Å². The van der Waals surface area contributed by atoms with Gasteiger partial charge in [0, 0.05) is 55.1 Å². The fourth-order valence-electron chi connectivity index (χ4n) is 6.05. The molecule has 6 rings (SSSR count). The Morgan fingerprint density at radius 1 is 1.04 bits per heavy atom. The Bertz CT molecular complexity index is 1680. The van der Waals surface area contributed by atoms with Gasteiger partial charge in [-0.1, -0.05) is 41.4 Å². The molecular weight excluding hydrogens is 642 g/mol. The van der Waals surface area contributed by atoms with E-state index in [1.54, 1.807) is 41.3 Å². The average molecular weight is 674 g/mol. The Balaban J connectivity index is 1.29. The number of halogens is 3. The van der Waals surface area contributed by atoms with Crippen molar-refractivity contribution in [2.75, 3.05) is 69.6 Å². The molecule has 1 atom stereocenters. The third-order valence-electron chi connectivity index (χ3n) is 8.34. The summed E-state index contributed by atoms with van der Waals surface area (Å²) in [4.78, 5) is 43.1. The van der Waals surface area contributed by atoms with Crippen LogP contribution in [0.5, 0.6) is 5.75 Å². The van der Waals surface area contributed by atoms with Crippen molar-refractivity contribution >= 4 is 52.4 Å². The van der Waals surface area contributed by atoms with Gasteiger partial charge in [-0.05, 0) is 24.3 Å². The number of anilines is 2. The summed E-state index contributed by atoms with van der Waals surface area (Å²) in [6.45, 7) is 3.23. The van der Waals surface area contributed by atoms with E-state index in [0.717, 1.165) is 0 Å². The third-order valence-corrected chi connectivity index (χ3v) is 8.94. The van der Waals surface area contributed by atoms with E-state index in [4.69, 9.17) is 37.4 Å². The normalized spacial score (nSPS) is 18.1. The molecule has 0 bridgehead atoms. The number of esters is 1. The number of aliphatic carboxylic acids is 1. The zero-order valence-electron chi connectivity index (χ0n) is 24.9. The third kappa shape index (κ3) is 6.05. The maximum absolute atomic E-state index is 15.7. The first-order valence-corrected chi connectivity index (χ1v) is 15.4. The summed E-state index contributed by atoms with van der Waals surface area (Å²) in [7, 11) is 1.25. The molecule has 242 valence electrons. The Labute approximate surface area is 274 Å². The lowest BCUT2D eigenvalue weighted by molar-refractivity contribution is -0.138. The maximum Gasteiger partial charge on any atom is 0.340 e. The SMILES string of the molecule is COC(=O)c1cc(F)c(-c2cccc3c2OCN(C(=O)c2c(Cl)cc(N4CCNCC4C(=O)O)cc2Cl)C3)cc1N1CCOCC1. The summed E-state index contributed by atoms with van der Waals surface area (Å²) >= 11 is 13.2. The molecule has 0 aliphatic carbocycles. The van der Waals surface area contributed by atoms with Crippen LogP contribution in [0, 0.1) is 5.82 Å². The molecule has 0 saturated carbocycles. The van der Waals surface area contributed by atoms with Crippen molar-refractivity contribution in [3.05, 3.63) is 75.0 Å². The lowest BCUT2D eigenvalue weighted by Gasteiger charge is -2.36. The molecule has 2 saturated heterocycles. The minimum absolute atomic E-state index is 0.0666. The van der Waals surface area contributed by atoms with Crippen LogP contribution in [0.1, 0.15) is 26.3 Å². The number of carboxylic acids is 1. The molecule has 0 spiro atoms. The molecule has 11 nitrogen and oxygen atoms in total. The number of ether oxygens (including phenoxy) is 3. The molecule has 0 radical (unpaired) electrons. The molecule has 3 aromatic carbocycles. The van der Waals surface area contributed by atoms with Crippen molar-refractivity contribution in [3.8, 4) is 16.9 Å². The van der Waals surface area contributed by atoms with Crippen LogP contribution in [0.15, 0.2) is 42.5 Å². The van der Waals surface area contributed by atoms with Crippen LogP contribution < -0.4 is 19.9 Å². The number of hydrogen-bond acceptors (Lipinski definition) is 9. The predicted octanol–water partition coefficient (Wildman–Crippen LogP) is 4.28. The van der Waals surface area contributed by atoms with Crippen molar-refractivity contribution < 1.29 is 38.1 Å². The number of carbonyl (C=O) groups is 3. The van der Waals surface area contributed by atoms with Gasteiger partial charge in [0.2, 0.25) is 0 Å². The van der Waals surface area contributed by atoms with Crippen LogP contribution in [-0.4, -0.2) is 93.7 Å². The molecule has 0 aromatic heterocycles. The van der Waals surface area contributed by atoms with E-state index >= 15 is 4.39 Å². The van der Waals surface area contributed by atoms with E-state index in [1.807, 2.05) is 4.90 Å². The highest BCUT2D eigenvalue weighted by atomic mass is 35.5. The Hall–Kier alpha value is -4.10. The van der Waals surface area contributed by atoms with Crippen molar-refractivity contribution in [2.24, 2.45) is 0 Å². The van der Waals surface area contributed by atoms with Crippen LogP contribution in [0.4, 0.5) is 15.8 Å². The number of hydrogen-bond donors (Lipinski definition) is 2. The van der Waals surface area contributed by atoms with Gasteiger partial charge < -0.3 is 39.3 Å². The van der Waals surface area contributed by atoms with Gasteiger partial charge in [0.05, 0.1) is 53.7 Å². The van der Waals surface area contributed by atoms with Gasteiger partial charge in [-0.25, -0.2) is 14.0 Å². The number of para-hydroxylation sites is 1. The zero-order valence-corrected chi connectivity index (χ0v) is 26.4. The number of rotatable bonds is 6. The molecule has 3 aliphatic heterocycles. The second-order valence-electron chi connectivity index (χ2n) is 11.0. The van der Waals surface area contributed by atoms with Crippen LogP contribution >= 0.6 is 23.2 Å². The zero-order chi connectivity index (χ0) is 32.5. The summed E-state index contributed by atoms with van der Waals surface area (Å²) in [6.07, 6.45) is 0. The molecule has 1 unspecified atom stereocenters. The fraction of sp³-hybridized carbons (Fsp3) is 0.344. The van der Waals surface area contributed by atoms with Gasteiger partial charge in [0.15, 0.2) is 6.73 Å². The Morgan fingerprint density at radius 2 is 1.78 bits per heavy atom. The van der Waals surface area contributed by atoms with Gasteiger partial charge in [-0.3, -0.25) is 4.79 Å². The minimum Gasteiger partial charge on any atom is -0.480 e. The number of piperazine rings is 1. The van der Waals surface area contributed by atoms with Crippen LogP contribution in [0.3, 0.4) is 0 Å². The molecular formula is C32H31Cl2FN4O7. The van der Waals surface area contributed by atoms with Crippen molar-refractivity contribution in [1.82, 2.24) is 10.2 Å². The summed E-state index contributed by atoms with van der Waals surface area (Å²) < 4.78 is 32.1. The largest absolute Gasteiger partial charge is 0.480 e. The van der Waals surface area contributed by atoms with E-state index in [1.165, 1.54) is 18.1 Å². The number of amides is 1. The number of benzene rings is 3. The quantitative estimate of drug-likeness (QED) is 0.367. The Morgan fingerprint density at radius 3 is 2.48 bits per heavy atom. The van der Waals surface area contributed by atoms with Gasteiger partial charge >= 0.3 is 11.9 Å². The van der Waals surface area contributed by atoms with E-state index < -0.39 is 29.7 Å². The van der Waals surface area contributed by atoms with Crippen LogP contribution in [-0.2, 0) is 20.8 Å². The highest BCUT2D eigenvalue weighted by Crippen LogP contribution is 2.41. The summed E-state index contributed by atoms with van der Waals surface area (Å²) in [5, 5.41) is 12.9. The lowest BCUT2D eigenvalue weighted by atomic mass is 9.97. The molecule has 3 aromatic rings. The van der Waals surface area contributed by atoms with Crippen molar-refractivity contribution in [2.45, 2.75) is 12.6 Å². The Kier molecular flexibility index (Phi) is 9.23. The number of nitrogens with one attached hydrogen (secondary N) is 1. The second-order valence-corrected chi connectivity index (χ2v) is 11.9. The standard InChI is InChI=1S/C32H31Cl2FN4O7/c1-44-32(43)22-13-25(35)21(14-26(22)37-7-9-45-10-8-37)20-4-2-3-18-16-38(17-46-29(18)20)30(40)28-23(33)11-19(12-24(28)34)39-6-5-36-15-27(39)31(41)42/h2-4,11-14,27,36H,5-10,15-17H2,1H3,(H,41,42). The van der Waals surface area contributed by atoms with Crippen LogP contribution in [0.2, 0.25) is 10.0 Å². The topological polar surface area (TPSA) is 121 Å². The maximum atomic E-state index is 15.7. The van der Waals surface area contributed by atoms with Gasteiger partial charge in [-0.2, -0.15) is 0 Å². The minimum atomic E-state index is -0.986. The van der Waals surface area contributed by atoms with Gasteiger partial charge in [-0.15, -0.1) is 0 Å². The highest BCUT2D eigenvalue weighted by molar-refractivity contribution is 6.40. The number of fused-ring (bicyclic) bond motifs is 1. The van der Waals surface area contributed by atoms with E-state index in [-0.39, 0.29) is 46.6 Å². The second kappa shape index (κ2) is 13.3. The first-order chi connectivity index (χ1) is 22.2. The first kappa shape index (κ1) is 31.9. The van der Waals surface area contributed by atoms with Crippen LogP contribution in [0.25, 0.3) is 11.1 Å². The molecule has 3 aliphatic rings. The summed E-state index contributed by atoms with van der Waals surface area (Å²) in [5.74, 6) is -2.32. The number of carbonyl (C=O) groups excluding carboxylic acids is 2. The summed E-state index contributed by atoms with van der Waals surface area (Å²) in [6, 6.07) is 10.3. The van der Waals surface area contributed by atoms with E-state index in [9.17, 15) is 19.5 Å². The number of nitrogens with zero attached hydrogens (tertiary/aromatic N) is 3. The van der Waals surface area contributed by atoms with E-state index in [0.29, 0.717) is 67.6 Å². The van der Waals surface area contributed by atoms with Gasteiger partial charge in [0.25, 0.3) is 5.91 Å². The molecule has 1 amide bonds. The number of carboxylic acid groups (broad SMARTS) is 1. The van der Waals surface area contributed by atoms with Gasteiger partial charge in [0.1, 0.15) is 17.6 Å². The monoisotopic (exact) mass is 672 g/mol. The highest BCUT2D eigenvalue weighted by Gasteiger charge is 2.32. The molecule has 3 heterocycles. The smallest absolute Gasteiger partial charge is 0.340 e. The number of methoxy groups -OCH3 is 1. The molecule has 14 heteroatoms. The number of morpholine rings is 1. The van der Waals surface area contributed by atoms with Crippen molar-refractivity contribution in [3.63, 3.8) is 0 Å². The lowest BCUT2D eigenvalue weighted by Crippen LogP contribution is -2.55. The first-order valence-electron chi connectivity index (χ1n) is 14.7. The molecule has 2 fully saturated rings. The fourth-order valence-corrected chi connectivity index (χ4v) is 6.68. The average Bonchev–Trinajstić information content (AvgIpc) is 3.07. The predicted molar refractivity (Wildman–Crippen MR) is 170 cm³/mol. The summed E-state index contributed by atoms with van der Waals surface area (Å²) in [5.41, 5.74) is 2.55. The van der Waals surface area contributed by atoms with E-state index in [2.05, 4.69) is 5.32 Å². The molecule has 2 N–H and O–H groups in total. The molecule has 46 heavy (non-hydrogen) atoms.